The van der Waals surface area contributed by atoms with Gasteiger partial charge in [0.15, 0.2) is 0 Å². The van der Waals surface area contributed by atoms with Crippen molar-refractivity contribution in [2.24, 2.45) is 5.73 Å². The molecule has 0 spiro atoms. The predicted octanol–water partition coefficient (Wildman–Crippen LogP) is 3.91. The molecule has 1 aliphatic carbocycles. The highest BCUT2D eigenvalue weighted by Gasteiger charge is 2.51. The number of carbonyl (C=O) groups is 2. The first-order valence-electron chi connectivity index (χ1n) is 8.20. The number of amides is 2. The smallest absolute Gasteiger partial charge is 0.330 e. The number of hydrogen-bond acceptors (Lipinski definition) is 2. The summed E-state index contributed by atoms with van der Waals surface area (Å²) in [5.41, 5.74) is 5.57. The third kappa shape index (κ3) is 3.12. The van der Waals surface area contributed by atoms with Crippen LogP contribution in [0.4, 0.5) is 9.18 Å². The Kier molecular flexibility index (Phi) is 4.87. The van der Waals surface area contributed by atoms with E-state index in [1.54, 1.807) is 0 Å². The molecule has 2 atom stereocenters. The number of nitrogens with one attached hydrogen (secondary N) is 1. The van der Waals surface area contributed by atoms with Gasteiger partial charge in [-0.05, 0) is 48.1 Å². The van der Waals surface area contributed by atoms with Gasteiger partial charge in [0.1, 0.15) is 11.4 Å². The second kappa shape index (κ2) is 6.96. The Morgan fingerprint density at radius 1 is 1.27 bits per heavy atom. The topological polar surface area (TPSA) is 92.4 Å². The molecule has 2 aromatic carbocycles. The molecule has 136 valence electrons. The molecule has 2 unspecified atom stereocenters. The second-order valence-electron chi connectivity index (χ2n) is 6.43. The molecule has 2 aromatic rings. The molecule has 0 aromatic heterocycles. The standard InChI is InChI=1S/C19H18ClFN2O3/c20-15-9-13(12(10-16(15)21)11-5-2-1-3-6-11)14-7-4-8-19(14,17(24)25)23-18(22)26/h1-3,5-6,9-10,14H,4,7-8H2,(H,24,25)(H3,22,23,26). The molecule has 1 saturated carbocycles. The fourth-order valence-electron chi connectivity index (χ4n) is 3.82. The van der Waals surface area contributed by atoms with Crippen LogP contribution in [-0.4, -0.2) is 22.6 Å². The molecular weight excluding hydrogens is 359 g/mol. The number of hydrogen-bond donors (Lipinski definition) is 3. The molecule has 0 heterocycles. The van der Waals surface area contributed by atoms with Gasteiger partial charge in [0, 0.05) is 5.92 Å². The van der Waals surface area contributed by atoms with Crippen LogP contribution in [0, 0.1) is 5.82 Å². The number of carboxylic acids is 1. The number of primary amides is 1. The fraction of sp³-hybridized carbons (Fsp3) is 0.263. The SMILES string of the molecule is NC(=O)NC1(C(=O)O)CCCC1c1cc(Cl)c(F)cc1-c1ccccc1. The molecule has 0 saturated heterocycles. The van der Waals surface area contributed by atoms with E-state index in [1.807, 2.05) is 30.3 Å². The lowest BCUT2D eigenvalue weighted by Crippen LogP contribution is -2.57. The van der Waals surface area contributed by atoms with E-state index in [1.165, 1.54) is 12.1 Å². The first-order valence-corrected chi connectivity index (χ1v) is 8.58. The molecule has 0 aliphatic heterocycles. The van der Waals surface area contributed by atoms with E-state index in [2.05, 4.69) is 5.32 Å². The molecule has 0 radical (unpaired) electrons. The van der Waals surface area contributed by atoms with Gasteiger partial charge in [0.2, 0.25) is 0 Å². The Hall–Kier alpha value is -2.60. The molecule has 7 heteroatoms. The van der Waals surface area contributed by atoms with E-state index < -0.39 is 29.3 Å². The Bertz CT molecular complexity index is 859. The van der Waals surface area contributed by atoms with Crippen LogP contribution >= 0.6 is 11.6 Å². The van der Waals surface area contributed by atoms with E-state index in [0.29, 0.717) is 24.0 Å². The highest BCUT2D eigenvalue weighted by molar-refractivity contribution is 6.31. The van der Waals surface area contributed by atoms with Gasteiger partial charge in [0.05, 0.1) is 5.02 Å². The van der Waals surface area contributed by atoms with Crippen molar-refractivity contribution in [2.75, 3.05) is 0 Å². The number of aliphatic carboxylic acids is 1. The van der Waals surface area contributed by atoms with Crippen molar-refractivity contribution >= 4 is 23.6 Å². The van der Waals surface area contributed by atoms with Crippen molar-refractivity contribution in [1.82, 2.24) is 5.32 Å². The maximum atomic E-state index is 14.2. The van der Waals surface area contributed by atoms with Gasteiger partial charge in [-0.15, -0.1) is 0 Å². The van der Waals surface area contributed by atoms with Gasteiger partial charge in [-0.1, -0.05) is 41.9 Å². The van der Waals surface area contributed by atoms with Gasteiger partial charge in [-0.3, -0.25) is 0 Å². The summed E-state index contributed by atoms with van der Waals surface area (Å²) < 4.78 is 14.2. The van der Waals surface area contributed by atoms with Gasteiger partial charge >= 0.3 is 12.0 Å². The quantitative estimate of drug-likeness (QED) is 0.755. The predicted molar refractivity (Wildman–Crippen MR) is 96.5 cm³/mol. The first-order chi connectivity index (χ1) is 12.3. The van der Waals surface area contributed by atoms with Crippen LogP contribution in [0.3, 0.4) is 0 Å². The number of benzene rings is 2. The maximum Gasteiger partial charge on any atom is 0.330 e. The number of carbonyl (C=O) groups excluding carboxylic acids is 1. The van der Waals surface area contributed by atoms with Crippen LogP contribution in [0.25, 0.3) is 11.1 Å². The lowest BCUT2D eigenvalue weighted by molar-refractivity contribution is -0.144. The van der Waals surface area contributed by atoms with Crippen molar-refractivity contribution in [1.29, 1.82) is 0 Å². The highest BCUT2D eigenvalue weighted by atomic mass is 35.5. The van der Waals surface area contributed by atoms with Crippen LogP contribution < -0.4 is 11.1 Å². The van der Waals surface area contributed by atoms with Gasteiger partial charge in [-0.2, -0.15) is 0 Å². The number of rotatable bonds is 4. The Labute approximate surface area is 155 Å². The number of nitrogens with two attached hydrogens (primary N) is 1. The average Bonchev–Trinajstić information content (AvgIpc) is 3.02. The zero-order valence-electron chi connectivity index (χ0n) is 13.8. The summed E-state index contributed by atoms with van der Waals surface area (Å²) in [6.45, 7) is 0. The molecule has 3 rings (SSSR count). The van der Waals surface area contributed by atoms with Crippen molar-refractivity contribution in [2.45, 2.75) is 30.7 Å². The molecule has 5 nitrogen and oxygen atoms in total. The summed E-state index contributed by atoms with van der Waals surface area (Å²) in [6, 6.07) is 10.9. The average molecular weight is 377 g/mol. The van der Waals surface area contributed by atoms with Crippen molar-refractivity contribution in [3.8, 4) is 11.1 Å². The van der Waals surface area contributed by atoms with Crippen molar-refractivity contribution in [3.05, 3.63) is 58.9 Å². The van der Waals surface area contributed by atoms with Crippen molar-refractivity contribution < 1.29 is 19.1 Å². The van der Waals surface area contributed by atoms with Crippen LogP contribution in [-0.2, 0) is 4.79 Å². The van der Waals surface area contributed by atoms with Crippen LogP contribution in [0.2, 0.25) is 5.02 Å². The summed E-state index contributed by atoms with van der Waals surface area (Å²) in [7, 11) is 0. The van der Waals surface area contributed by atoms with E-state index >= 15 is 0 Å². The molecular formula is C19H18ClFN2O3. The fourth-order valence-corrected chi connectivity index (χ4v) is 4.00. The minimum absolute atomic E-state index is 0.0926. The molecule has 1 fully saturated rings. The summed E-state index contributed by atoms with van der Waals surface area (Å²) in [5.74, 6) is -2.34. The highest BCUT2D eigenvalue weighted by Crippen LogP contribution is 2.47. The van der Waals surface area contributed by atoms with E-state index in [0.717, 1.165) is 5.56 Å². The zero-order valence-corrected chi connectivity index (χ0v) is 14.6. The first kappa shape index (κ1) is 18.2. The third-order valence-corrected chi connectivity index (χ3v) is 5.23. The van der Waals surface area contributed by atoms with E-state index in [9.17, 15) is 19.1 Å². The Morgan fingerprint density at radius 2 is 1.96 bits per heavy atom. The molecule has 26 heavy (non-hydrogen) atoms. The van der Waals surface area contributed by atoms with Gasteiger partial charge in [-0.25, -0.2) is 14.0 Å². The van der Waals surface area contributed by atoms with Crippen LogP contribution in [0.15, 0.2) is 42.5 Å². The normalized spacial score (nSPS) is 22.2. The summed E-state index contributed by atoms with van der Waals surface area (Å²) in [4.78, 5) is 23.5. The number of carboxylic acid groups (broad SMARTS) is 1. The Morgan fingerprint density at radius 3 is 2.58 bits per heavy atom. The largest absolute Gasteiger partial charge is 0.479 e. The summed E-state index contributed by atoms with van der Waals surface area (Å²) in [5, 5.41) is 12.2. The molecule has 1 aliphatic rings. The summed E-state index contributed by atoms with van der Waals surface area (Å²) >= 11 is 6.00. The second-order valence-corrected chi connectivity index (χ2v) is 6.84. The van der Waals surface area contributed by atoms with Crippen molar-refractivity contribution in [3.63, 3.8) is 0 Å². The van der Waals surface area contributed by atoms with Crippen LogP contribution in [0.5, 0.6) is 0 Å². The van der Waals surface area contributed by atoms with E-state index in [4.69, 9.17) is 17.3 Å². The monoisotopic (exact) mass is 376 g/mol. The zero-order chi connectivity index (χ0) is 18.9. The maximum absolute atomic E-state index is 14.2. The number of urea groups is 1. The van der Waals surface area contributed by atoms with Gasteiger partial charge < -0.3 is 16.2 Å². The van der Waals surface area contributed by atoms with Gasteiger partial charge in [0.25, 0.3) is 0 Å². The summed E-state index contributed by atoms with van der Waals surface area (Å²) in [6.07, 6.45) is 1.33. The molecule has 0 bridgehead atoms. The molecule has 2 amide bonds. The number of halogens is 2. The minimum atomic E-state index is -1.55. The van der Waals surface area contributed by atoms with E-state index in [-0.39, 0.29) is 11.4 Å². The van der Waals surface area contributed by atoms with Crippen LogP contribution in [0.1, 0.15) is 30.7 Å². The lowest BCUT2D eigenvalue weighted by Gasteiger charge is -2.33. The lowest BCUT2D eigenvalue weighted by atomic mass is 9.78. The minimum Gasteiger partial charge on any atom is -0.479 e. The third-order valence-electron chi connectivity index (χ3n) is 4.94. The molecule has 4 N–H and O–H groups in total. The Balaban J connectivity index is 2.20.